The normalized spacial score (nSPS) is 20.9. The van der Waals surface area contributed by atoms with Crippen molar-refractivity contribution < 1.29 is 19.3 Å². The van der Waals surface area contributed by atoms with Crippen LogP contribution < -0.4 is 15.4 Å². The molecule has 0 saturated carbocycles. The average molecular weight is 410 g/mol. The van der Waals surface area contributed by atoms with E-state index < -0.39 is 6.04 Å². The number of ketones is 1. The van der Waals surface area contributed by atoms with Gasteiger partial charge in [0.1, 0.15) is 0 Å². The molecule has 0 spiro atoms. The Morgan fingerprint density at radius 2 is 2.10 bits per heavy atom. The van der Waals surface area contributed by atoms with E-state index in [0.29, 0.717) is 35.8 Å². The summed E-state index contributed by atoms with van der Waals surface area (Å²) in [5.74, 6) is 1.39. The number of ether oxygens (including phenoxy) is 1. The Labute approximate surface area is 170 Å². The molecule has 1 aromatic carbocycles. The molecule has 2 atom stereocenters. The van der Waals surface area contributed by atoms with Crippen LogP contribution in [0.2, 0.25) is 0 Å². The number of benzene rings is 1. The van der Waals surface area contributed by atoms with Crippen molar-refractivity contribution in [3.05, 3.63) is 57.4 Å². The van der Waals surface area contributed by atoms with Gasteiger partial charge in [-0.1, -0.05) is 12.1 Å². The highest BCUT2D eigenvalue weighted by atomic mass is 32.1. The highest BCUT2D eigenvalue weighted by Crippen LogP contribution is 2.45. The summed E-state index contributed by atoms with van der Waals surface area (Å²) in [6.45, 7) is 0. The number of hydrogen-bond acceptors (Lipinski definition) is 9. The minimum absolute atomic E-state index is 0.00405. The number of nitrogens with one attached hydrogen (secondary N) is 2. The molecule has 9 heteroatoms. The number of phenols is 1. The molecule has 29 heavy (non-hydrogen) atoms. The molecule has 8 nitrogen and oxygen atoms in total. The summed E-state index contributed by atoms with van der Waals surface area (Å²) in [5, 5.41) is 26.6. The highest BCUT2D eigenvalue weighted by Gasteiger charge is 2.37. The van der Waals surface area contributed by atoms with Crippen LogP contribution in [0.25, 0.3) is 0 Å². The van der Waals surface area contributed by atoms with Crippen LogP contribution >= 0.6 is 11.3 Å². The molecule has 2 aliphatic rings. The molecule has 0 unspecified atom stereocenters. The van der Waals surface area contributed by atoms with Crippen molar-refractivity contribution in [2.45, 2.75) is 24.8 Å². The van der Waals surface area contributed by atoms with E-state index >= 15 is 0 Å². The van der Waals surface area contributed by atoms with Crippen LogP contribution in [0.4, 0.5) is 11.6 Å². The number of carbonyl (C=O) groups is 1. The summed E-state index contributed by atoms with van der Waals surface area (Å²) in [6.07, 6.45) is 1.10. The van der Waals surface area contributed by atoms with E-state index in [1.807, 2.05) is 17.5 Å². The summed E-state index contributed by atoms with van der Waals surface area (Å²) in [6, 6.07) is 8.65. The van der Waals surface area contributed by atoms with Gasteiger partial charge in [0.25, 0.3) is 0 Å². The Hall–Kier alpha value is -3.33. The largest absolute Gasteiger partial charge is 0.504 e. The average Bonchev–Trinajstić information content (AvgIpc) is 3.37. The number of methoxy groups -OCH3 is 1. The predicted octanol–water partition coefficient (Wildman–Crippen LogP) is 3.82. The van der Waals surface area contributed by atoms with E-state index in [1.54, 1.807) is 23.5 Å². The number of hydrogen-bond donors (Lipinski definition) is 3. The Bertz CT molecular complexity index is 1110. The van der Waals surface area contributed by atoms with Crippen molar-refractivity contribution in [1.29, 1.82) is 0 Å². The number of rotatable bonds is 3. The summed E-state index contributed by atoms with van der Waals surface area (Å²) in [5.41, 5.74) is 2.14. The molecule has 1 aliphatic heterocycles. The smallest absolute Gasteiger partial charge is 0.219 e. The molecule has 0 amide bonds. The molecule has 0 bridgehead atoms. The summed E-state index contributed by atoms with van der Waals surface area (Å²) < 4.78 is 10.0. The number of aromatic hydroxyl groups is 1. The molecule has 2 aromatic heterocycles. The first kappa shape index (κ1) is 17.7. The maximum atomic E-state index is 13.3. The number of phenolic OH excluding ortho intramolecular Hbond substituents is 1. The fourth-order valence-electron chi connectivity index (χ4n) is 3.96. The van der Waals surface area contributed by atoms with Gasteiger partial charge in [0, 0.05) is 28.5 Å². The zero-order valence-corrected chi connectivity index (χ0v) is 16.3. The summed E-state index contributed by atoms with van der Waals surface area (Å²) in [4.78, 5) is 14.4. The first-order chi connectivity index (χ1) is 14.1. The molecule has 3 N–H and O–H groups in total. The molecule has 3 heterocycles. The van der Waals surface area contributed by atoms with E-state index in [2.05, 4.69) is 27.0 Å². The lowest BCUT2D eigenvalue weighted by Gasteiger charge is -2.29. The van der Waals surface area contributed by atoms with Crippen molar-refractivity contribution in [2.24, 2.45) is 0 Å². The number of thiophene rings is 1. The van der Waals surface area contributed by atoms with Crippen LogP contribution in [0.5, 0.6) is 11.5 Å². The summed E-state index contributed by atoms with van der Waals surface area (Å²) >= 11 is 1.65. The van der Waals surface area contributed by atoms with Gasteiger partial charge in [-0.25, -0.2) is 4.63 Å². The van der Waals surface area contributed by atoms with Gasteiger partial charge in [-0.05, 0) is 45.9 Å². The quantitative estimate of drug-likeness (QED) is 0.598. The first-order valence-corrected chi connectivity index (χ1v) is 10.0. The number of anilines is 2. The van der Waals surface area contributed by atoms with Crippen molar-refractivity contribution in [3.63, 3.8) is 0 Å². The van der Waals surface area contributed by atoms with Gasteiger partial charge in [-0.2, -0.15) is 0 Å². The van der Waals surface area contributed by atoms with E-state index in [1.165, 1.54) is 12.0 Å². The fraction of sp³-hybridized carbons (Fsp3) is 0.250. The zero-order valence-electron chi connectivity index (χ0n) is 15.5. The second-order valence-corrected chi connectivity index (χ2v) is 8.01. The maximum Gasteiger partial charge on any atom is 0.219 e. The molecule has 0 saturated heterocycles. The number of nitrogens with zero attached hydrogens (tertiary/aromatic N) is 2. The lowest BCUT2D eigenvalue weighted by Crippen LogP contribution is -2.26. The Balaban J connectivity index is 1.61. The van der Waals surface area contributed by atoms with Gasteiger partial charge in [-0.15, -0.1) is 11.3 Å². The molecule has 148 valence electrons. The third kappa shape index (κ3) is 3.03. The lowest BCUT2D eigenvalue weighted by atomic mass is 9.81. The SMILES string of the molecule is COc1ccc([C@@H]2Nc3nonc3NC3=C2C(=O)C[C@@H](c2cccs2)C3)cc1O. The molecule has 0 radical (unpaired) electrons. The third-order valence-corrected chi connectivity index (χ3v) is 6.35. The Kier molecular flexibility index (Phi) is 4.24. The molecular formula is C20H18N4O4S. The van der Waals surface area contributed by atoms with Crippen LogP contribution in [0, 0.1) is 0 Å². The van der Waals surface area contributed by atoms with E-state index in [4.69, 9.17) is 9.37 Å². The Morgan fingerprint density at radius 3 is 2.86 bits per heavy atom. The van der Waals surface area contributed by atoms with Crippen molar-refractivity contribution in [1.82, 2.24) is 10.3 Å². The van der Waals surface area contributed by atoms with Gasteiger partial charge in [0.15, 0.2) is 17.3 Å². The van der Waals surface area contributed by atoms with Gasteiger partial charge in [-0.3, -0.25) is 4.79 Å². The number of carbonyl (C=O) groups excluding carboxylic acids is 1. The molecule has 5 rings (SSSR count). The van der Waals surface area contributed by atoms with Crippen LogP contribution in [-0.2, 0) is 4.79 Å². The van der Waals surface area contributed by atoms with E-state index in [-0.39, 0.29) is 17.5 Å². The number of Topliss-reactive ketones (excluding diaryl/α,β-unsaturated/α-hetero) is 1. The third-order valence-electron chi connectivity index (χ3n) is 5.32. The molecule has 3 aromatic rings. The number of aromatic nitrogens is 2. The Morgan fingerprint density at radius 1 is 1.24 bits per heavy atom. The minimum Gasteiger partial charge on any atom is -0.504 e. The van der Waals surface area contributed by atoms with Crippen molar-refractivity contribution in [2.75, 3.05) is 17.7 Å². The molecule has 0 fully saturated rings. The zero-order chi connectivity index (χ0) is 20.0. The van der Waals surface area contributed by atoms with Gasteiger partial charge >= 0.3 is 0 Å². The lowest BCUT2D eigenvalue weighted by molar-refractivity contribution is -0.116. The minimum atomic E-state index is -0.501. The summed E-state index contributed by atoms with van der Waals surface area (Å²) in [7, 11) is 1.49. The van der Waals surface area contributed by atoms with Crippen LogP contribution in [0.3, 0.4) is 0 Å². The highest BCUT2D eigenvalue weighted by molar-refractivity contribution is 7.10. The van der Waals surface area contributed by atoms with Crippen LogP contribution in [0.15, 0.2) is 51.6 Å². The fourth-order valence-corrected chi connectivity index (χ4v) is 4.79. The monoisotopic (exact) mass is 410 g/mol. The second kappa shape index (κ2) is 6.93. The van der Waals surface area contributed by atoms with Crippen LogP contribution in [0.1, 0.15) is 35.2 Å². The van der Waals surface area contributed by atoms with Crippen LogP contribution in [-0.4, -0.2) is 28.3 Å². The number of allylic oxidation sites excluding steroid dienone is 1. The van der Waals surface area contributed by atoms with Gasteiger partial charge < -0.3 is 20.5 Å². The first-order valence-electron chi connectivity index (χ1n) is 9.16. The van der Waals surface area contributed by atoms with E-state index in [0.717, 1.165) is 11.3 Å². The van der Waals surface area contributed by atoms with Gasteiger partial charge in [0.05, 0.1) is 13.2 Å². The van der Waals surface area contributed by atoms with E-state index in [9.17, 15) is 9.90 Å². The van der Waals surface area contributed by atoms with Gasteiger partial charge in [0.2, 0.25) is 11.6 Å². The van der Waals surface area contributed by atoms with Crippen molar-refractivity contribution in [3.8, 4) is 11.5 Å². The molecule has 1 aliphatic carbocycles. The predicted molar refractivity (Wildman–Crippen MR) is 107 cm³/mol. The standard InChI is InChI=1S/C20H18N4O4S/c1-27-15-5-4-10(8-13(15)25)18-17-12(21-19-20(22-18)24-28-23-19)7-11(9-14(17)26)16-3-2-6-29-16/h2-6,8,11,18,25H,7,9H2,1H3,(H,21,23)(H,22,24)/t11-,18-/m0/s1. The second-order valence-electron chi connectivity index (χ2n) is 7.03. The number of fused-ring (bicyclic) bond motifs is 1. The van der Waals surface area contributed by atoms with Crippen molar-refractivity contribution >= 4 is 28.8 Å². The topological polar surface area (TPSA) is 110 Å². The molecular weight excluding hydrogens is 392 g/mol. The maximum absolute atomic E-state index is 13.3.